The van der Waals surface area contributed by atoms with Gasteiger partial charge < -0.3 is 14.2 Å². The highest BCUT2D eigenvalue weighted by atomic mass is 32.2. The summed E-state index contributed by atoms with van der Waals surface area (Å²) in [5.74, 6) is 1.49. The molecule has 8 nitrogen and oxygen atoms in total. The van der Waals surface area contributed by atoms with Crippen LogP contribution in [0.25, 0.3) is 10.2 Å². The zero-order valence-electron chi connectivity index (χ0n) is 15.0. The third-order valence-corrected chi connectivity index (χ3v) is 5.49. The summed E-state index contributed by atoms with van der Waals surface area (Å²) < 4.78 is 17.4. The molecule has 0 unspecified atom stereocenters. The minimum Gasteiger partial charge on any atom is -0.494 e. The van der Waals surface area contributed by atoms with E-state index in [9.17, 15) is 4.79 Å². The molecule has 0 aliphatic carbocycles. The molecule has 3 aromatic rings. The Hall–Kier alpha value is -2.59. The number of carbonyl (C=O) groups is 1. The zero-order chi connectivity index (χ0) is 19.2. The van der Waals surface area contributed by atoms with Gasteiger partial charge in [0.05, 0.1) is 42.9 Å². The number of nitrogens with one attached hydrogen (secondary N) is 1. The summed E-state index contributed by atoms with van der Waals surface area (Å²) in [6.07, 6.45) is 0. The summed E-state index contributed by atoms with van der Waals surface area (Å²) in [4.78, 5) is 24.9. The lowest BCUT2D eigenvalue weighted by Gasteiger charge is -2.07. The van der Waals surface area contributed by atoms with Crippen LogP contribution in [0.1, 0.15) is 6.92 Å². The van der Waals surface area contributed by atoms with Gasteiger partial charge in [0.25, 0.3) is 0 Å². The van der Waals surface area contributed by atoms with Crippen LogP contribution in [0.2, 0.25) is 0 Å². The first-order chi connectivity index (χ1) is 13.1. The van der Waals surface area contributed by atoms with Gasteiger partial charge in [0.15, 0.2) is 4.34 Å². The predicted molar refractivity (Wildman–Crippen MR) is 105 cm³/mol. The van der Waals surface area contributed by atoms with Gasteiger partial charge in [-0.2, -0.15) is 9.97 Å². The number of aromatic nitrogens is 3. The molecule has 10 heteroatoms. The van der Waals surface area contributed by atoms with Crippen molar-refractivity contribution in [2.45, 2.75) is 11.3 Å². The maximum atomic E-state index is 12.2. The number of amides is 1. The molecule has 142 valence electrons. The molecule has 0 spiro atoms. The molecule has 0 saturated heterocycles. The number of carbonyl (C=O) groups excluding carboxylic acids is 1. The van der Waals surface area contributed by atoms with Crippen LogP contribution in [0.5, 0.6) is 17.5 Å². The maximum absolute atomic E-state index is 12.2. The van der Waals surface area contributed by atoms with Crippen molar-refractivity contribution < 1.29 is 19.0 Å². The lowest BCUT2D eigenvalue weighted by Crippen LogP contribution is -2.16. The number of thioether (sulfide) groups is 1. The number of rotatable bonds is 8. The Morgan fingerprint density at radius 2 is 1.89 bits per heavy atom. The van der Waals surface area contributed by atoms with E-state index in [0.717, 1.165) is 20.3 Å². The summed E-state index contributed by atoms with van der Waals surface area (Å²) in [5.41, 5.74) is 0.882. The van der Waals surface area contributed by atoms with Gasteiger partial charge in [-0.05, 0) is 25.1 Å². The van der Waals surface area contributed by atoms with Crippen molar-refractivity contribution >= 4 is 45.2 Å². The van der Waals surface area contributed by atoms with Gasteiger partial charge in [-0.25, -0.2) is 4.98 Å². The molecule has 0 aliphatic heterocycles. The van der Waals surface area contributed by atoms with Gasteiger partial charge in [0, 0.05) is 0 Å². The molecule has 2 aromatic heterocycles. The van der Waals surface area contributed by atoms with Gasteiger partial charge in [-0.3, -0.25) is 10.1 Å². The summed E-state index contributed by atoms with van der Waals surface area (Å²) in [7, 11) is 2.96. The van der Waals surface area contributed by atoms with Gasteiger partial charge >= 0.3 is 0 Å². The number of hydrogen-bond acceptors (Lipinski definition) is 9. The van der Waals surface area contributed by atoms with Crippen molar-refractivity contribution in [3.05, 3.63) is 24.3 Å². The summed E-state index contributed by atoms with van der Waals surface area (Å²) in [6, 6.07) is 7.29. The van der Waals surface area contributed by atoms with E-state index in [1.807, 2.05) is 25.1 Å². The van der Waals surface area contributed by atoms with Crippen LogP contribution in [0.3, 0.4) is 0 Å². The minimum absolute atomic E-state index is 0.127. The molecular weight excluding hydrogens is 388 g/mol. The Morgan fingerprint density at radius 1 is 1.15 bits per heavy atom. The molecule has 1 N–H and O–H groups in total. The van der Waals surface area contributed by atoms with Gasteiger partial charge in [0.2, 0.25) is 23.6 Å². The molecule has 0 fully saturated rings. The van der Waals surface area contributed by atoms with E-state index in [0.29, 0.717) is 18.4 Å². The lowest BCUT2D eigenvalue weighted by atomic mass is 10.3. The first-order valence-corrected chi connectivity index (χ1v) is 9.84. The van der Waals surface area contributed by atoms with Crippen molar-refractivity contribution in [1.29, 1.82) is 0 Å². The molecule has 2 heterocycles. The first-order valence-electron chi connectivity index (χ1n) is 8.04. The van der Waals surface area contributed by atoms with Crippen molar-refractivity contribution in [3.63, 3.8) is 0 Å². The highest BCUT2D eigenvalue weighted by molar-refractivity contribution is 8.01. The topological polar surface area (TPSA) is 95.5 Å². The van der Waals surface area contributed by atoms with Crippen LogP contribution >= 0.6 is 23.1 Å². The molecule has 3 rings (SSSR count). The summed E-state index contributed by atoms with van der Waals surface area (Å²) in [6.45, 7) is 2.56. The number of nitrogens with zero attached hydrogens (tertiary/aromatic N) is 3. The van der Waals surface area contributed by atoms with Crippen LogP contribution in [0.4, 0.5) is 5.95 Å². The standard InChI is InChI=1S/C17H18N4O4S2/c1-4-25-10-5-6-11-12(7-10)27-17(18-11)26-9-13(22)19-16-20-14(23-2)8-15(21-16)24-3/h5-8H,4,9H2,1-3H3,(H,19,20,21,22). The van der Waals surface area contributed by atoms with E-state index in [-0.39, 0.29) is 17.6 Å². The Bertz CT molecular complexity index is 926. The summed E-state index contributed by atoms with van der Waals surface area (Å²) >= 11 is 2.87. The van der Waals surface area contributed by atoms with Crippen LogP contribution < -0.4 is 19.5 Å². The third-order valence-electron chi connectivity index (χ3n) is 3.33. The van der Waals surface area contributed by atoms with Crippen LogP contribution in [0.15, 0.2) is 28.6 Å². The average molecular weight is 406 g/mol. The molecule has 27 heavy (non-hydrogen) atoms. The van der Waals surface area contributed by atoms with E-state index in [4.69, 9.17) is 14.2 Å². The van der Waals surface area contributed by atoms with Crippen LogP contribution in [-0.4, -0.2) is 47.4 Å². The quantitative estimate of drug-likeness (QED) is 0.570. The third kappa shape index (κ3) is 4.98. The average Bonchev–Trinajstić information content (AvgIpc) is 3.08. The van der Waals surface area contributed by atoms with E-state index in [2.05, 4.69) is 20.3 Å². The number of anilines is 1. The molecule has 0 radical (unpaired) electrons. The molecule has 0 aliphatic rings. The summed E-state index contributed by atoms with van der Waals surface area (Å²) in [5, 5.41) is 2.64. The Labute approximate surface area is 164 Å². The first kappa shape index (κ1) is 19.2. The number of methoxy groups -OCH3 is 2. The Kier molecular flexibility index (Phi) is 6.30. The highest BCUT2D eigenvalue weighted by Crippen LogP contribution is 2.32. The van der Waals surface area contributed by atoms with Crippen molar-refractivity contribution in [3.8, 4) is 17.5 Å². The fourth-order valence-electron chi connectivity index (χ4n) is 2.16. The van der Waals surface area contributed by atoms with E-state index in [1.165, 1.54) is 43.4 Å². The molecule has 1 aromatic carbocycles. The largest absolute Gasteiger partial charge is 0.494 e. The zero-order valence-corrected chi connectivity index (χ0v) is 16.6. The van der Waals surface area contributed by atoms with Gasteiger partial charge in [0.1, 0.15) is 5.75 Å². The Morgan fingerprint density at radius 3 is 2.56 bits per heavy atom. The number of ether oxygens (including phenoxy) is 3. The van der Waals surface area contributed by atoms with Crippen molar-refractivity contribution in [2.75, 3.05) is 31.9 Å². The second kappa shape index (κ2) is 8.87. The van der Waals surface area contributed by atoms with E-state index in [1.54, 1.807) is 0 Å². The minimum atomic E-state index is -0.246. The van der Waals surface area contributed by atoms with Gasteiger partial charge in [-0.1, -0.05) is 11.8 Å². The molecule has 0 bridgehead atoms. The fourth-order valence-corrected chi connectivity index (χ4v) is 4.06. The van der Waals surface area contributed by atoms with Crippen molar-refractivity contribution in [2.24, 2.45) is 0 Å². The number of benzene rings is 1. The van der Waals surface area contributed by atoms with Crippen molar-refractivity contribution in [1.82, 2.24) is 15.0 Å². The molecule has 0 atom stereocenters. The highest BCUT2D eigenvalue weighted by Gasteiger charge is 2.12. The van der Waals surface area contributed by atoms with Crippen LogP contribution in [0, 0.1) is 0 Å². The molecular formula is C17H18N4O4S2. The molecule has 1 amide bonds. The number of thiazole rings is 1. The van der Waals surface area contributed by atoms with E-state index < -0.39 is 0 Å². The predicted octanol–water partition coefficient (Wildman–Crippen LogP) is 3.23. The number of hydrogen-bond donors (Lipinski definition) is 1. The molecule has 0 saturated carbocycles. The Balaban J connectivity index is 1.63. The smallest absolute Gasteiger partial charge is 0.237 e. The normalized spacial score (nSPS) is 10.6. The van der Waals surface area contributed by atoms with Crippen LogP contribution in [-0.2, 0) is 4.79 Å². The van der Waals surface area contributed by atoms with E-state index >= 15 is 0 Å². The fraction of sp³-hybridized carbons (Fsp3) is 0.294. The second-order valence-corrected chi connectivity index (χ2v) is 7.41. The maximum Gasteiger partial charge on any atom is 0.237 e. The van der Waals surface area contributed by atoms with Gasteiger partial charge in [-0.15, -0.1) is 11.3 Å². The SMILES string of the molecule is CCOc1ccc2nc(SCC(=O)Nc3nc(OC)cc(OC)n3)sc2c1. The lowest BCUT2D eigenvalue weighted by molar-refractivity contribution is -0.113. The number of fused-ring (bicyclic) bond motifs is 1. The monoisotopic (exact) mass is 406 g/mol. The second-order valence-electron chi connectivity index (χ2n) is 5.16.